The zero-order chi connectivity index (χ0) is 24.8. The van der Waals surface area contributed by atoms with Gasteiger partial charge in [0.2, 0.25) is 0 Å². The van der Waals surface area contributed by atoms with E-state index in [-0.39, 0.29) is 13.2 Å². The van der Waals surface area contributed by atoms with Gasteiger partial charge >= 0.3 is 11.9 Å². The summed E-state index contributed by atoms with van der Waals surface area (Å²) in [6.07, 6.45) is 0. The first kappa shape index (κ1) is 23.9. The van der Waals surface area contributed by atoms with Gasteiger partial charge in [0.05, 0.1) is 29.5 Å². The van der Waals surface area contributed by atoms with E-state index in [1.165, 1.54) is 18.4 Å². The Morgan fingerprint density at radius 2 is 1.60 bits per heavy atom. The van der Waals surface area contributed by atoms with Crippen molar-refractivity contribution in [3.05, 3.63) is 88.7 Å². The molecule has 0 saturated heterocycles. The van der Waals surface area contributed by atoms with Crippen molar-refractivity contribution in [3.8, 4) is 11.5 Å². The van der Waals surface area contributed by atoms with Crippen molar-refractivity contribution in [2.45, 2.75) is 13.5 Å². The Bertz CT molecular complexity index is 1440. The van der Waals surface area contributed by atoms with Gasteiger partial charge in [0, 0.05) is 5.56 Å². The molecule has 0 unspecified atom stereocenters. The molecule has 0 aliphatic carbocycles. The van der Waals surface area contributed by atoms with Gasteiger partial charge in [0.1, 0.15) is 18.0 Å². The summed E-state index contributed by atoms with van der Waals surface area (Å²) in [7, 11) is 1.30. The molecule has 9 heteroatoms. The summed E-state index contributed by atoms with van der Waals surface area (Å²) in [6.45, 7) is 1.83. The second kappa shape index (κ2) is 10.8. The summed E-state index contributed by atoms with van der Waals surface area (Å²) in [5, 5.41) is 0. The molecule has 0 radical (unpaired) electrons. The molecule has 1 aromatic heterocycles. The van der Waals surface area contributed by atoms with Crippen molar-refractivity contribution in [2.75, 3.05) is 13.7 Å². The highest BCUT2D eigenvalue weighted by atomic mass is 32.1. The van der Waals surface area contributed by atoms with Crippen LogP contribution in [0.3, 0.4) is 0 Å². The summed E-state index contributed by atoms with van der Waals surface area (Å²) in [6, 6.07) is 20.9. The maximum absolute atomic E-state index is 12.9. The molecule has 8 nitrogen and oxygen atoms in total. The van der Waals surface area contributed by atoms with Gasteiger partial charge in [-0.1, -0.05) is 29.5 Å². The van der Waals surface area contributed by atoms with Crippen molar-refractivity contribution in [3.63, 3.8) is 0 Å². The summed E-state index contributed by atoms with van der Waals surface area (Å²) in [4.78, 5) is 41.7. The Morgan fingerprint density at radius 1 is 0.914 bits per heavy atom. The predicted molar refractivity (Wildman–Crippen MR) is 131 cm³/mol. The van der Waals surface area contributed by atoms with E-state index in [0.717, 1.165) is 0 Å². The number of ether oxygens (including phenoxy) is 3. The molecule has 0 spiro atoms. The second-order valence-electron chi connectivity index (χ2n) is 7.31. The monoisotopic (exact) mass is 490 g/mol. The molecule has 178 valence electrons. The number of fused-ring (bicyclic) bond motifs is 1. The smallest absolute Gasteiger partial charge is 0.337 e. The molecule has 0 atom stereocenters. The molecule has 4 aromatic rings. The third-order valence-electron chi connectivity index (χ3n) is 4.97. The third kappa shape index (κ3) is 5.64. The number of hydrogen-bond acceptors (Lipinski definition) is 7. The first-order valence-corrected chi connectivity index (χ1v) is 11.6. The van der Waals surface area contributed by atoms with E-state index >= 15 is 0 Å². The van der Waals surface area contributed by atoms with Crippen molar-refractivity contribution in [1.29, 1.82) is 0 Å². The Kier molecular flexibility index (Phi) is 7.37. The largest absolute Gasteiger partial charge is 0.465 e. The summed E-state index contributed by atoms with van der Waals surface area (Å²) in [5.74, 6) is -0.144. The molecule has 0 aliphatic heterocycles. The number of amides is 1. The Morgan fingerprint density at radius 3 is 2.29 bits per heavy atom. The zero-order valence-corrected chi connectivity index (χ0v) is 19.9. The van der Waals surface area contributed by atoms with E-state index in [1.807, 2.05) is 30.3 Å². The number of benzene rings is 3. The highest BCUT2D eigenvalue weighted by molar-refractivity contribution is 7.16. The normalized spacial score (nSPS) is 11.3. The standard InChI is InChI=1S/C26H22N2O6S/c1-3-33-23(29)16-28-21-14-11-18(25(31)32-2)15-22(21)35-26(28)27-24(30)17-9-12-20(13-10-17)34-19-7-5-4-6-8-19/h4-15H,3,16H2,1-2H3. The molecular weight excluding hydrogens is 468 g/mol. The van der Waals surface area contributed by atoms with Crippen LogP contribution in [0.2, 0.25) is 0 Å². The fraction of sp³-hybridized carbons (Fsp3) is 0.154. The fourth-order valence-electron chi connectivity index (χ4n) is 3.33. The third-order valence-corrected chi connectivity index (χ3v) is 6.01. The van der Waals surface area contributed by atoms with Crippen molar-refractivity contribution in [1.82, 2.24) is 4.57 Å². The minimum absolute atomic E-state index is 0.124. The summed E-state index contributed by atoms with van der Waals surface area (Å²) < 4.78 is 17.9. The maximum atomic E-state index is 12.9. The van der Waals surface area contributed by atoms with Crippen molar-refractivity contribution < 1.29 is 28.6 Å². The zero-order valence-electron chi connectivity index (χ0n) is 19.1. The van der Waals surface area contributed by atoms with E-state index in [2.05, 4.69) is 4.99 Å². The number of methoxy groups -OCH3 is 1. The van der Waals surface area contributed by atoms with E-state index < -0.39 is 17.8 Å². The lowest BCUT2D eigenvalue weighted by Gasteiger charge is -2.06. The molecule has 1 heterocycles. The van der Waals surface area contributed by atoms with Crippen LogP contribution in [0.15, 0.2) is 77.8 Å². The van der Waals surface area contributed by atoms with Crippen LogP contribution >= 0.6 is 11.3 Å². The number of hydrogen-bond donors (Lipinski definition) is 0. The number of carbonyl (C=O) groups is 3. The van der Waals surface area contributed by atoms with Crippen molar-refractivity contribution >= 4 is 39.4 Å². The molecule has 0 saturated carbocycles. The second-order valence-corrected chi connectivity index (χ2v) is 8.32. The van der Waals surface area contributed by atoms with Gasteiger partial charge in [0.15, 0.2) is 4.80 Å². The lowest BCUT2D eigenvalue weighted by Crippen LogP contribution is -2.23. The first-order valence-electron chi connectivity index (χ1n) is 10.8. The molecule has 35 heavy (non-hydrogen) atoms. The maximum Gasteiger partial charge on any atom is 0.337 e. The summed E-state index contributed by atoms with van der Waals surface area (Å²) >= 11 is 1.19. The highest BCUT2D eigenvalue weighted by Gasteiger charge is 2.15. The molecule has 0 fully saturated rings. The lowest BCUT2D eigenvalue weighted by atomic mass is 10.2. The van der Waals surface area contributed by atoms with Gasteiger partial charge in [-0.05, 0) is 61.5 Å². The van der Waals surface area contributed by atoms with Gasteiger partial charge in [-0.3, -0.25) is 9.59 Å². The Hall–Kier alpha value is -4.24. The molecule has 0 N–H and O–H groups in total. The number of rotatable bonds is 7. The first-order chi connectivity index (χ1) is 17.0. The van der Waals surface area contributed by atoms with Crippen LogP contribution in [0.4, 0.5) is 0 Å². The predicted octanol–water partition coefficient (Wildman–Crippen LogP) is 4.59. The van der Waals surface area contributed by atoms with Gasteiger partial charge < -0.3 is 18.8 Å². The van der Waals surface area contributed by atoms with Gasteiger partial charge in [-0.25, -0.2) is 4.79 Å². The van der Waals surface area contributed by atoms with Gasteiger partial charge in [0.25, 0.3) is 5.91 Å². The van der Waals surface area contributed by atoms with E-state index in [1.54, 1.807) is 54.0 Å². The fourth-order valence-corrected chi connectivity index (χ4v) is 4.40. The number of aromatic nitrogens is 1. The number of para-hydroxylation sites is 1. The number of carbonyl (C=O) groups excluding carboxylic acids is 3. The van der Waals surface area contributed by atoms with Crippen molar-refractivity contribution in [2.24, 2.45) is 4.99 Å². The minimum Gasteiger partial charge on any atom is -0.465 e. The Labute approximate surface area is 205 Å². The van der Waals surface area contributed by atoms with Crippen LogP contribution in [0, 0.1) is 0 Å². The molecule has 3 aromatic carbocycles. The van der Waals surface area contributed by atoms with Gasteiger partial charge in [-0.15, -0.1) is 0 Å². The number of nitrogens with zero attached hydrogens (tertiary/aromatic N) is 2. The lowest BCUT2D eigenvalue weighted by molar-refractivity contribution is -0.143. The molecule has 0 bridgehead atoms. The van der Waals surface area contributed by atoms with Crippen LogP contribution < -0.4 is 9.54 Å². The highest BCUT2D eigenvalue weighted by Crippen LogP contribution is 2.22. The van der Waals surface area contributed by atoms with E-state index in [4.69, 9.17) is 14.2 Å². The average molecular weight is 491 g/mol. The Balaban J connectivity index is 1.67. The topological polar surface area (TPSA) is 96.2 Å². The van der Waals surface area contributed by atoms with Crippen LogP contribution in [0.5, 0.6) is 11.5 Å². The van der Waals surface area contributed by atoms with E-state index in [0.29, 0.717) is 37.6 Å². The summed E-state index contributed by atoms with van der Waals surface area (Å²) in [5.41, 5.74) is 1.37. The van der Waals surface area contributed by atoms with Crippen LogP contribution in [-0.4, -0.2) is 36.1 Å². The molecule has 4 rings (SSSR count). The number of thiazole rings is 1. The SMILES string of the molecule is CCOC(=O)Cn1c(=NC(=O)c2ccc(Oc3ccccc3)cc2)sc2cc(C(=O)OC)ccc21. The molecule has 1 amide bonds. The minimum atomic E-state index is -0.482. The molecule has 0 aliphatic rings. The molecular formula is C26H22N2O6S. The quantitative estimate of drug-likeness (QED) is 0.352. The van der Waals surface area contributed by atoms with Crippen LogP contribution in [0.25, 0.3) is 10.2 Å². The van der Waals surface area contributed by atoms with E-state index in [9.17, 15) is 14.4 Å². The van der Waals surface area contributed by atoms with Crippen LogP contribution in [0.1, 0.15) is 27.6 Å². The van der Waals surface area contributed by atoms with Gasteiger partial charge in [-0.2, -0.15) is 4.99 Å². The van der Waals surface area contributed by atoms with Crippen LogP contribution in [-0.2, 0) is 20.8 Å². The average Bonchev–Trinajstić information content (AvgIpc) is 3.20. The number of esters is 2.